The summed E-state index contributed by atoms with van der Waals surface area (Å²) in [5, 5.41) is 0. The van der Waals surface area contributed by atoms with Gasteiger partial charge >= 0.3 is 5.69 Å². The van der Waals surface area contributed by atoms with Gasteiger partial charge in [-0.05, 0) is 18.4 Å². The van der Waals surface area contributed by atoms with Crippen LogP contribution < -0.4 is 11.2 Å². The molecule has 25 heavy (non-hydrogen) atoms. The molecular formula is C19H23N3O3. The van der Waals surface area contributed by atoms with Crippen molar-refractivity contribution in [2.45, 2.75) is 38.1 Å². The second-order valence-electron chi connectivity index (χ2n) is 6.50. The zero-order valence-electron chi connectivity index (χ0n) is 14.2. The summed E-state index contributed by atoms with van der Waals surface area (Å²) in [7, 11) is 0. The van der Waals surface area contributed by atoms with E-state index in [0.29, 0.717) is 5.92 Å². The first-order chi connectivity index (χ1) is 12.1. The third-order valence-electron chi connectivity index (χ3n) is 4.76. The SMILES string of the molecule is O=C(CCn1ccc(=O)[nH]c1=O)N1CCCC[C@H](c2ccccc2)C1. The van der Waals surface area contributed by atoms with Gasteiger partial charge in [0.15, 0.2) is 0 Å². The fourth-order valence-electron chi connectivity index (χ4n) is 3.36. The van der Waals surface area contributed by atoms with Gasteiger partial charge in [-0.25, -0.2) is 4.79 Å². The predicted molar refractivity (Wildman–Crippen MR) is 95.6 cm³/mol. The molecule has 0 bridgehead atoms. The van der Waals surface area contributed by atoms with Crippen molar-refractivity contribution >= 4 is 5.91 Å². The van der Waals surface area contributed by atoms with E-state index in [4.69, 9.17) is 0 Å². The first-order valence-electron chi connectivity index (χ1n) is 8.76. The van der Waals surface area contributed by atoms with E-state index in [1.807, 2.05) is 23.1 Å². The lowest BCUT2D eigenvalue weighted by atomic mass is 9.94. The van der Waals surface area contributed by atoms with Gasteiger partial charge in [0.05, 0.1) is 0 Å². The van der Waals surface area contributed by atoms with Crippen LogP contribution in [-0.4, -0.2) is 33.4 Å². The Hall–Kier alpha value is -2.63. The zero-order chi connectivity index (χ0) is 17.6. The fraction of sp³-hybridized carbons (Fsp3) is 0.421. The summed E-state index contributed by atoms with van der Waals surface area (Å²) in [5.41, 5.74) is 0.378. The minimum atomic E-state index is -0.474. The quantitative estimate of drug-likeness (QED) is 0.920. The Morgan fingerprint density at radius 3 is 2.68 bits per heavy atom. The average molecular weight is 341 g/mol. The van der Waals surface area contributed by atoms with Crippen LogP contribution in [0.15, 0.2) is 52.2 Å². The van der Waals surface area contributed by atoms with Crippen molar-refractivity contribution in [2.24, 2.45) is 0 Å². The van der Waals surface area contributed by atoms with Crippen molar-refractivity contribution in [1.29, 1.82) is 0 Å². The highest BCUT2D eigenvalue weighted by atomic mass is 16.2. The van der Waals surface area contributed by atoms with Gasteiger partial charge in [-0.15, -0.1) is 0 Å². The van der Waals surface area contributed by atoms with Crippen LogP contribution in [0.5, 0.6) is 0 Å². The Labute approximate surface area is 146 Å². The Balaban J connectivity index is 1.64. The van der Waals surface area contributed by atoms with E-state index in [1.165, 1.54) is 22.4 Å². The summed E-state index contributed by atoms with van der Waals surface area (Å²) in [6.07, 6.45) is 4.90. The van der Waals surface area contributed by atoms with Crippen LogP contribution in [0, 0.1) is 0 Å². The standard InChI is InChI=1S/C19H23N3O3/c23-17-9-12-21(19(25)20-17)13-10-18(24)22-11-5-4-8-16(14-22)15-6-2-1-3-7-15/h1-3,6-7,9,12,16H,4-5,8,10-11,13-14H2,(H,20,23,25)/t16-/m0/s1. The summed E-state index contributed by atoms with van der Waals surface area (Å²) in [4.78, 5) is 39.5. The summed E-state index contributed by atoms with van der Waals surface area (Å²) in [5.74, 6) is 0.421. The normalized spacial score (nSPS) is 17.9. The van der Waals surface area contributed by atoms with Crippen molar-refractivity contribution < 1.29 is 4.79 Å². The molecular weight excluding hydrogens is 318 g/mol. The van der Waals surface area contributed by atoms with E-state index >= 15 is 0 Å². The first kappa shape index (κ1) is 17.2. The molecule has 2 aromatic rings. The molecule has 1 amide bonds. The number of carbonyl (C=O) groups excluding carboxylic acids is 1. The van der Waals surface area contributed by atoms with Crippen molar-refractivity contribution in [3.05, 3.63) is 69.0 Å². The van der Waals surface area contributed by atoms with Gasteiger partial charge in [-0.3, -0.25) is 14.6 Å². The van der Waals surface area contributed by atoms with E-state index < -0.39 is 11.2 Å². The Bertz CT molecular complexity index is 826. The number of nitrogens with one attached hydrogen (secondary N) is 1. The molecule has 1 aliphatic rings. The Morgan fingerprint density at radius 1 is 1.12 bits per heavy atom. The maximum Gasteiger partial charge on any atom is 0.328 e. The van der Waals surface area contributed by atoms with Crippen LogP contribution in [0.25, 0.3) is 0 Å². The third-order valence-corrected chi connectivity index (χ3v) is 4.76. The first-order valence-corrected chi connectivity index (χ1v) is 8.76. The number of hydrogen-bond acceptors (Lipinski definition) is 3. The summed E-state index contributed by atoms with van der Waals surface area (Å²) < 4.78 is 1.37. The number of likely N-dealkylation sites (tertiary alicyclic amines) is 1. The molecule has 1 aromatic carbocycles. The number of nitrogens with zero attached hydrogens (tertiary/aromatic N) is 2. The number of carbonyl (C=O) groups is 1. The maximum atomic E-state index is 12.6. The van der Waals surface area contributed by atoms with Crippen LogP contribution >= 0.6 is 0 Å². The summed E-state index contributed by atoms with van der Waals surface area (Å²) in [6, 6.07) is 11.6. The molecule has 6 nitrogen and oxygen atoms in total. The fourth-order valence-corrected chi connectivity index (χ4v) is 3.36. The maximum absolute atomic E-state index is 12.6. The molecule has 0 saturated carbocycles. The Kier molecular flexibility index (Phi) is 5.48. The number of aromatic nitrogens is 2. The summed E-state index contributed by atoms with van der Waals surface area (Å²) in [6.45, 7) is 1.77. The molecule has 1 atom stereocenters. The van der Waals surface area contributed by atoms with E-state index in [9.17, 15) is 14.4 Å². The van der Waals surface area contributed by atoms with E-state index in [2.05, 4.69) is 17.1 Å². The van der Waals surface area contributed by atoms with E-state index in [0.717, 1.165) is 32.4 Å². The lowest BCUT2D eigenvalue weighted by Crippen LogP contribution is -2.36. The zero-order valence-corrected chi connectivity index (χ0v) is 14.2. The molecule has 1 aromatic heterocycles. The number of benzene rings is 1. The largest absolute Gasteiger partial charge is 0.342 e. The van der Waals surface area contributed by atoms with Gasteiger partial charge in [0, 0.05) is 44.2 Å². The number of hydrogen-bond donors (Lipinski definition) is 1. The van der Waals surface area contributed by atoms with Crippen molar-refractivity contribution in [3.63, 3.8) is 0 Å². The smallest absolute Gasteiger partial charge is 0.328 e. The minimum Gasteiger partial charge on any atom is -0.342 e. The molecule has 2 heterocycles. The van der Waals surface area contributed by atoms with Crippen LogP contribution in [0.3, 0.4) is 0 Å². The highest BCUT2D eigenvalue weighted by molar-refractivity contribution is 5.76. The van der Waals surface area contributed by atoms with Gasteiger partial charge < -0.3 is 9.47 Å². The monoisotopic (exact) mass is 341 g/mol. The number of amides is 1. The predicted octanol–water partition coefficient (Wildman–Crippen LogP) is 1.72. The molecule has 0 aliphatic carbocycles. The molecule has 3 rings (SSSR count). The molecule has 0 unspecified atom stereocenters. The molecule has 0 radical (unpaired) electrons. The highest BCUT2D eigenvalue weighted by Crippen LogP contribution is 2.26. The van der Waals surface area contributed by atoms with Crippen LogP contribution in [0.4, 0.5) is 0 Å². The molecule has 0 spiro atoms. The number of aromatic amines is 1. The minimum absolute atomic E-state index is 0.0564. The van der Waals surface area contributed by atoms with Gasteiger partial charge in [0.25, 0.3) is 5.56 Å². The second kappa shape index (κ2) is 7.96. The molecule has 1 saturated heterocycles. The van der Waals surface area contributed by atoms with Crippen molar-refractivity contribution in [1.82, 2.24) is 14.5 Å². The third kappa shape index (κ3) is 4.47. The topological polar surface area (TPSA) is 75.2 Å². The molecule has 132 valence electrons. The molecule has 1 N–H and O–H groups in total. The van der Waals surface area contributed by atoms with E-state index in [1.54, 1.807) is 0 Å². The molecule has 6 heteroatoms. The van der Waals surface area contributed by atoms with Gasteiger partial charge in [0.1, 0.15) is 0 Å². The number of aryl methyl sites for hydroxylation is 1. The van der Waals surface area contributed by atoms with Crippen molar-refractivity contribution in [3.8, 4) is 0 Å². The Morgan fingerprint density at radius 2 is 1.92 bits per heavy atom. The van der Waals surface area contributed by atoms with Gasteiger partial charge in [-0.2, -0.15) is 0 Å². The highest BCUT2D eigenvalue weighted by Gasteiger charge is 2.22. The average Bonchev–Trinajstić information content (AvgIpc) is 2.88. The lowest BCUT2D eigenvalue weighted by Gasteiger charge is -2.25. The van der Waals surface area contributed by atoms with Gasteiger partial charge in [-0.1, -0.05) is 36.8 Å². The number of H-pyrrole nitrogens is 1. The molecule has 1 fully saturated rings. The lowest BCUT2D eigenvalue weighted by molar-refractivity contribution is -0.131. The molecule has 1 aliphatic heterocycles. The van der Waals surface area contributed by atoms with E-state index in [-0.39, 0.29) is 18.9 Å². The number of rotatable bonds is 4. The van der Waals surface area contributed by atoms with Crippen LogP contribution in [0.2, 0.25) is 0 Å². The van der Waals surface area contributed by atoms with Crippen LogP contribution in [-0.2, 0) is 11.3 Å². The van der Waals surface area contributed by atoms with Gasteiger partial charge in [0.2, 0.25) is 5.91 Å². The van der Waals surface area contributed by atoms with Crippen LogP contribution in [0.1, 0.15) is 37.2 Å². The van der Waals surface area contributed by atoms with Crippen molar-refractivity contribution in [2.75, 3.05) is 13.1 Å². The summed E-state index contributed by atoms with van der Waals surface area (Å²) >= 11 is 0. The second-order valence-corrected chi connectivity index (χ2v) is 6.50.